The van der Waals surface area contributed by atoms with Gasteiger partial charge in [0.05, 0.1) is 6.42 Å². The number of hydrogen-bond acceptors (Lipinski definition) is 2. The molecule has 0 fully saturated rings. The maximum absolute atomic E-state index is 9.59. The number of hydrogen-bond donors (Lipinski definition) is 0. The summed E-state index contributed by atoms with van der Waals surface area (Å²) in [7, 11) is 0. The molecule has 2 nitrogen and oxygen atoms in total. The first-order valence-electron chi connectivity index (χ1n) is 1.49. The van der Waals surface area contributed by atoms with Crippen LogP contribution in [-0.2, 0) is 9.59 Å². The molecule has 6 heavy (non-hydrogen) atoms. The van der Waals surface area contributed by atoms with Gasteiger partial charge in [-0.1, -0.05) is 0 Å². The van der Waals surface area contributed by atoms with Gasteiger partial charge in [0.1, 0.15) is 12.1 Å². The first-order valence-corrected chi connectivity index (χ1v) is 1.49. The van der Waals surface area contributed by atoms with Crippen LogP contribution in [0.25, 0.3) is 0 Å². The molecule has 32 valence electrons. The van der Waals surface area contributed by atoms with Gasteiger partial charge in [-0.05, 0) is 0 Å². The van der Waals surface area contributed by atoms with Crippen molar-refractivity contribution in [3.8, 4) is 0 Å². The molecule has 0 aromatic carbocycles. The van der Waals surface area contributed by atoms with Crippen molar-refractivity contribution in [3.63, 3.8) is 0 Å². The van der Waals surface area contributed by atoms with Gasteiger partial charge in [0.25, 0.3) is 0 Å². The van der Waals surface area contributed by atoms with E-state index in [1.54, 1.807) is 0 Å². The Hall–Kier alpha value is -0.660. The highest BCUT2D eigenvalue weighted by molar-refractivity contribution is 5.92. The van der Waals surface area contributed by atoms with Gasteiger partial charge < -0.3 is 4.79 Å². The highest BCUT2D eigenvalue weighted by atomic mass is 16.1. The molecule has 0 N–H and O–H groups in total. The van der Waals surface area contributed by atoms with Crippen LogP contribution < -0.4 is 0 Å². The second-order valence-electron chi connectivity index (χ2n) is 0.837. The van der Waals surface area contributed by atoms with Crippen LogP contribution in [0.3, 0.4) is 0 Å². The molecular weight excluding hydrogens is 80.0 g/mol. The van der Waals surface area contributed by atoms with Gasteiger partial charge in [0.2, 0.25) is 0 Å². The molecular formula is C4H4O2. The van der Waals surface area contributed by atoms with E-state index in [4.69, 9.17) is 0 Å². The molecule has 0 unspecified atom stereocenters. The lowest BCUT2D eigenvalue weighted by Gasteiger charge is -1.70. The lowest BCUT2D eigenvalue weighted by Crippen LogP contribution is -1.88. The zero-order valence-electron chi connectivity index (χ0n) is 3.18. The Kier molecular flexibility index (Phi) is 2.29. The average Bonchev–Trinajstić information content (AvgIpc) is 1.35. The van der Waals surface area contributed by atoms with Gasteiger partial charge in [-0.15, -0.1) is 0 Å². The minimum absolute atomic E-state index is 0.167. The fraction of sp³-hybridized carbons (Fsp3) is 0.250. The van der Waals surface area contributed by atoms with Crippen LogP contribution in [0.5, 0.6) is 0 Å². The summed E-state index contributed by atoms with van der Waals surface area (Å²) in [6.45, 7) is 4.53. The lowest BCUT2D eigenvalue weighted by molar-refractivity contribution is -0.118. The molecule has 0 aliphatic heterocycles. The summed E-state index contributed by atoms with van der Waals surface area (Å²) >= 11 is 0. The number of rotatable bonds is 2. The van der Waals surface area contributed by atoms with Gasteiger partial charge in [0.15, 0.2) is 0 Å². The Morgan fingerprint density at radius 1 is 1.83 bits per heavy atom. The Labute approximate surface area is 36.2 Å². The maximum Gasteiger partial charge on any atom is 0.144 e. The quantitative estimate of drug-likeness (QED) is 0.344. The summed E-state index contributed by atoms with van der Waals surface area (Å²) < 4.78 is 0. The zero-order chi connectivity index (χ0) is 4.99. The second kappa shape index (κ2) is 2.57. The fourth-order valence-electron chi connectivity index (χ4n) is 0.0821. The van der Waals surface area contributed by atoms with E-state index in [9.17, 15) is 9.59 Å². The van der Waals surface area contributed by atoms with E-state index in [0.29, 0.717) is 6.29 Å². The Balaban J connectivity index is 3.05. The molecule has 0 atom stereocenters. The third kappa shape index (κ3) is 3.34. The molecule has 0 rings (SSSR count). The predicted molar refractivity (Wildman–Crippen MR) is 20.0 cm³/mol. The maximum atomic E-state index is 9.59. The third-order valence-electron chi connectivity index (χ3n) is 0.285. The van der Waals surface area contributed by atoms with E-state index in [1.165, 1.54) is 0 Å². The average molecular weight is 84.1 g/mol. The topological polar surface area (TPSA) is 34.1 Å². The standard InChI is InChI=1S/C4H4O2/c1-4(6)2-3-5/h1,3H,2H2. The van der Waals surface area contributed by atoms with Crippen molar-refractivity contribution in [1.82, 2.24) is 0 Å². The van der Waals surface area contributed by atoms with Crippen molar-refractivity contribution < 1.29 is 9.59 Å². The van der Waals surface area contributed by atoms with Crippen LogP contribution in [0.1, 0.15) is 6.42 Å². The van der Waals surface area contributed by atoms with Gasteiger partial charge in [-0.3, -0.25) is 4.79 Å². The zero-order valence-corrected chi connectivity index (χ0v) is 3.18. The smallest absolute Gasteiger partial charge is 0.144 e. The highest BCUT2D eigenvalue weighted by Gasteiger charge is 1.84. The normalized spacial score (nSPS) is 7.50. The third-order valence-corrected chi connectivity index (χ3v) is 0.285. The summed E-state index contributed by atoms with van der Waals surface area (Å²) in [5, 5.41) is 0. The molecule has 2 heteroatoms. The first-order chi connectivity index (χ1) is 2.77. The molecule has 0 amide bonds. The number of carbonyl (C=O) groups is 2. The Morgan fingerprint density at radius 3 is 2.33 bits per heavy atom. The number of carbonyl (C=O) groups excluding carboxylic acids is 2. The monoisotopic (exact) mass is 84.0 g/mol. The molecule has 0 spiro atoms. The molecule has 0 aromatic rings. The second-order valence-corrected chi connectivity index (χ2v) is 0.837. The fourth-order valence-corrected chi connectivity index (χ4v) is 0.0821. The summed E-state index contributed by atoms with van der Waals surface area (Å²) in [5.41, 5.74) is 0. The molecule has 0 aliphatic rings. The van der Waals surface area contributed by atoms with E-state index in [1.807, 2.05) is 0 Å². The summed E-state index contributed by atoms with van der Waals surface area (Å²) in [6, 6.07) is 0. The minimum Gasteiger partial charge on any atom is -0.303 e. The van der Waals surface area contributed by atoms with E-state index in [-0.39, 0.29) is 6.42 Å². The van der Waals surface area contributed by atoms with Crippen LogP contribution >= 0.6 is 0 Å². The van der Waals surface area contributed by atoms with Gasteiger partial charge >= 0.3 is 0 Å². The van der Waals surface area contributed by atoms with Crippen LogP contribution in [0.2, 0.25) is 0 Å². The van der Waals surface area contributed by atoms with E-state index in [0.717, 1.165) is 0 Å². The lowest BCUT2D eigenvalue weighted by atomic mass is 10.3. The summed E-state index contributed by atoms with van der Waals surface area (Å²) in [6.07, 6.45) is 0.308. The molecule has 0 saturated carbocycles. The molecule has 0 bridgehead atoms. The predicted octanol–water partition coefficient (Wildman–Crippen LogP) is -0.144. The minimum atomic E-state index is -0.579. The van der Waals surface area contributed by atoms with Crippen LogP contribution in [-0.4, -0.2) is 12.1 Å². The summed E-state index contributed by atoms with van der Waals surface area (Å²) in [4.78, 5) is 18.9. The molecule has 0 aliphatic carbocycles. The van der Waals surface area contributed by atoms with Gasteiger partial charge in [-0.2, -0.15) is 0 Å². The summed E-state index contributed by atoms with van der Waals surface area (Å²) in [5.74, 6) is -0.579. The molecule has 0 heterocycles. The SMILES string of the molecule is [CH]C(=O)CC=O. The first kappa shape index (κ1) is 5.34. The van der Waals surface area contributed by atoms with Crippen molar-refractivity contribution in [2.24, 2.45) is 0 Å². The number of Topliss-reactive ketones (excluding diaryl/α,β-unsaturated/α-hetero) is 1. The van der Waals surface area contributed by atoms with Crippen LogP contribution in [0.15, 0.2) is 0 Å². The van der Waals surface area contributed by atoms with Crippen LogP contribution in [0, 0.1) is 6.92 Å². The van der Waals surface area contributed by atoms with Crippen molar-refractivity contribution >= 4 is 12.1 Å². The van der Waals surface area contributed by atoms with Crippen molar-refractivity contribution in [1.29, 1.82) is 0 Å². The molecule has 2 radical (unpaired) electrons. The van der Waals surface area contributed by atoms with Crippen molar-refractivity contribution in [3.05, 3.63) is 6.92 Å². The van der Waals surface area contributed by atoms with Crippen molar-refractivity contribution in [2.45, 2.75) is 6.42 Å². The van der Waals surface area contributed by atoms with Crippen molar-refractivity contribution in [2.75, 3.05) is 0 Å². The molecule has 0 saturated heterocycles. The number of ketones is 1. The number of aldehydes is 1. The van der Waals surface area contributed by atoms with Crippen LogP contribution in [0.4, 0.5) is 0 Å². The largest absolute Gasteiger partial charge is 0.303 e. The van der Waals surface area contributed by atoms with Gasteiger partial charge in [0, 0.05) is 6.92 Å². The highest BCUT2D eigenvalue weighted by Crippen LogP contribution is 1.68. The van der Waals surface area contributed by atoms with E-state index >= 15 is 0 Å². The van der Waals surface area contributed by atoms with Gasteiger partial charge in [-0.25, -0.2) is 0 Å². The molecule has 0 aromatic heterocycles. The Morgan fingerprint density at radius 2 is 2.33 bits per heavy atom. The Bertz CT molecular complexity index is 65.9. The van der Waals surface area contributed by atoms with E-state index < -0.39 is 5.78 Å². The van der Waals surface area contributed by atoms with E-state index in [2.05, 4.69) is 6.92 Å².